The minimum atomic E-state index is -0.514. The molecule has 0 saturated carbocycles. The summed E-state index contributed by atoms with van der Waals surface area (Å²) >= 11 is 0. The number of amides is 3. The number of esters is 1. The van der Waals surface area contributed by atoms with Gasteiger partial charge < -0.3 is 20.7 Å². The number of hydrogen-bond acceptors (Lipinski definition) is 4. The lowest BCUT2D eigenvalue weighted by Gasteiger charge is -2.14. The van der Waals surface area contributed by atoms with Crippen molar-refractivity contribution >= 4 is 17.9 Å². The van der Waals surface area contributed by atoms with Gasteiger partial charge in [-0.1, -0.05) is 12.1 Å². The molecule has 0 saturated heterocycles. The highest BCUT2D eigenvalue weighted by molar-refractivity contribution is 5.94. The molecule has 0 unspecified atom stereocenters. The SMILES string of the molecule is COC(=O)CCNC(=O)c1ccc(CN(C)C(N)=O)cc1. The lowest BCUT2D eigenvalue weighted by atomic mass is 10.1. The summed E-state index contributed by atoms with van der Waals surface area (Å²) in [5, 5.41) is 2.62. The van der Waals surface area contributed by atoms with Gasteiger partial charge in [0.2, 0.25) is 0 Å². The van der Waals surface area contributed by atoms with E-state index in [9.17, 15) is 14.4 Å². The fourth-order valence-corrected chi connectivity index (χ4v) is 1.60. The molecule has 0 radical (unpaired) electrons. The molecule has 3 N–H and O–H groups in total. The summed E-state index contributed by atoms with van der Waals surface area (Å²) in [5.74, 6) is -0.645. The number of benzene rings is 1. The molecular formula is C14H19N3O4. The lowest BCUT2D eigenvalue weighted by Crippen LogP contribution is -2.31. The Morgan fingerprint density at radius 3 is 2.38 bits per heavy atom. The number of methoxy groups -OCH3 is 1. The van der Waals surface area contributed by atoms with Crippen LogP contribution in [0.5, 0.6) is 0 Å². The molecule has 0 heterocycles. The number of ether oxygens (including phenoxy) is 1. The molecule has 7 nitrogen and oxygen atoms in total. The molecule has 0 atom stereocenters. The van der Waals surface area contributed by atoms with E-state index < -0.39 is 6.03 Å². The van der Waals surface area contributed by atoms with Crippen LogP contribution in [-0.2, 0) is 16.1 Å². The Labute approximate surface area is 123 Å². The van der Waals surface area contributed by atoms with E-state index in [1.54, 1.807) is 31.3 Å². The van der Waals surface area contributed by atoms with Gasteiger partial charge in [0, 0.05) is 25.7 Å². The fraction of sp³-hybridized carbons (Fsp3) is 0.357. The molecule has 3 amide bonds. The van der Waals surface area contributed by atoms with Gasteiger partial charge in [-0.25, -0.2) is 4.79 Å². The van der Waals surface area contributed by atoms with E-state index in [0.717, 1.165) is 5.56 Å². The van der Waals surface area contributed by atoms with E-state index >= 15 is 0 Å². The molecule has 21 heavy (non-hydrogen) atoms. The van der Waals surface area contributed by atoms with Crippen molar-refractivity contribution < 1.29 is 19.1 Å². The third-order valence-corrected chi connectivity index (χ3v) is 2.85. The van der Waals surface area contributed by atoms with Gasteiger partial charge in [-0.05, 0) is 17.7 Å². The fourth-order valence-electron chi connectivity index (χ4n) is 1.60. The van der Waals surface area contributed by atoms with Crippen LogP contribution >= 0.6 is 0 Å². The Kier molecular flexibility index (Phi) is 6.19. The minimum absolute atomic E-state index is 0.129. The van der Waals surface area contributed by atoms with Crippen LogP contribution in [0.4, 0.5) is 4.79 Å². The third-order valence-electron chi connectivity index (χ3n) is 2.85. The molecule has 0 aromatic heterocycles. The van der Waals surface area contributed by atoms with Crippen LogP contribution in [-0.4, -0.2) is 43.5 Å². The van der Waals surface area contributed by atoms with Crippen molar-refractivity contribution in [3.8, 4) is 0 Å². The summed E-state index contributed by atoms with van der Waals surface area (Å²) in [6.07, 6.45) is 0.129. The van der Waals surface area contributed by atoms with E-state index in [4.69, 9.17) is 5.73 Å². The van der Waals surface area contributed by atoms with Gasteiger partial charge in [-0.15, -0.1) is 0 Å². The standard InChI is InChI=1S/C14H19N3O4/c1-17(14(15)20)9-10-3-5-11(6-4-10)13(19)16-8-7-12(18)21-2/h3-6H,7-9H2,1-2H3,(H2,15,20)(H,16,19). The lowest BCUT2D eigenvalue weighted by molar-refractivity contribution is -0.140. The van der Waals surface area contributed by atoms with Crippen LogP contribution in [0.2, 0.25) is 0 Å². The van der Waals surface area contributed by atoms with Crippen molar-refractivity contribution in [2.75, 3.05) is 20.7 Å². The van der Waals surface area contributed by atoms with Gasteiger partial charge in [0.25, 0.3) is 5.91 Å². The number of rotatable bonds is 6. The molecule has 0 bridgehead atoms. The third kappa shape index (κ3) is 5.52. The number of carbonyl (C=O) groups is 3. The predicted octanol–water partition coefficient (Wildman–Crippen LogP) is 0.490. The molecule has 0 aliphatic rings. The number of hydrogen-bond donors (Lipinski definition) is 2. The first-order chi connectivity index (χ1) is 9.93. The van der Waals surface area contributed by atoms with E-state index in [0.29, 0.717) is 12.1 Å². The normalized spacial score (nSPS) is 9.81. The Morgan fingerprint density at radius 1 is 1.24 bits per heavy atom. The maximum absolute atomic E-state index is 11.8. The average Bonchev–Trinajstić information content (AvgIpc) is 2.47. The summed E-state index contributed by atoms with van der Waals surface area (Å²) in [7, 11) is 2.89. The number of nitrogens with two attached hydrogens (primary N) is 1. The Hall–Kier alpha value is -2.57. The highest BCUT2D eigenvalue weighted by atomic mass is 16.5. The van der Waals surface area contributed by atoms with Gasteiger partial charge in [-0.2, -0.15) is 0 Å². The summed E-state index contributed by atoms with van der Waals surface area (Å²) in [6.45, 7) is 0.594. The van der Waals surface area contributed by atoms with Crippen LogP contribution < -0.4 is 11.1 Å². The van der Waals surface area contributed by atoms with E-state index in [-0.39, 0.29) is 24.8 Å². The van der Waals surface area contributed by atoms with Crippen LogP contribution in [0.1, 0.15) is 22.3 Å². The van der Waals surface area contributed by atoms with Gasteiger partial charge in [0.05, 0.1) is 13.5 Å². The number of nitrogens with one attached hydrogen (secondary N) is 1. The summed E-state index contributed by atoms with van der Waals surface area (Å²) in [4.78, 5) is 35.0. The van der Waals surface area contributed by atoms with Crippen molar-refractivity contribution in [1.82, 2.24) is 10.2 Å². The maximum Gasteiger partial charge on any atom is 0.314 e. The van der Waals surface area contributed by atoms with Crippen LogP contribution in [0, 0.1) is 0 Å². The second kappa shape index (κ2) is 7.88. The second-order valence-corrected chi connectivity index (χ2v) is 4.47. The molecule has 1 aromatic carbocycles. The molecule has 0 aliphatic heterocycles. The first kappa shape index (κ1) is 16.5. The van der Waals surface area contributed by atoms with Crippen LogP contribution in [0.25, 0.3) is 0 Å². The number of carbonyl (C=O) groups excluding carboxylic acids is 3. The smallest absolute Gasteiger partial charge is 0.314 e. The van der Waals surface area contributed by atoms with Crippen molar-refractivity contribution in [2.24, 2.45) is 5.73 Å². The van der Waals surface area contributed by atoms with Crippen LogP contribution in [0.15, 0.2) is 24.3 Å². The maximum atomic E-state index is 11.8. The molecule has 0 aliphatic carbocycles. The van der Waals surface area contributed by atoms with E-state index in [2.05, 4.69) is 10.1 Å². The topological polar surface area (TPSA) is 102 Å². The Morgan fingerprint density at radius 2 is 1.86 bits per heavy atom. The molecular weight excluding hydrogens is 274 g/mol. The summed E-state index contributed by atoms with van der Waals surface area (Å²) < 4.78 is 4.48. The molecule has 7 heteroatoms. The zero-order valence-electron chi connectivity index (χ0n) is 12.1. The highest BCUT2D eigenvalue weighted by Gasteiger charge is 2.08. The van der Waals surface area contributed by atoms with Gasteiger partial charge in [0.1, 0.15) is 0 Å². The van der Waals surface area contributed by atoms with Crippen molar-refractivity contribution in [2.45, 2.75) is 13.0 Å². The highest BCUT2D eigenvalue weighted by Crippen LogP contribution is 2.07. The largest absolute Gasteiger partial charge is 0.469 e. The summed E-state index contributed by atoms with van der Waals surface area (Å²) in [5.41, 5.74) is 6.48. The molecule has 114 valence electrons. The first-order valence-electron chi connectivity index (χ1n) is 6.38. The Bertz CT molecular complexity index is 513. The number of nitrogens with zero attached hydrogens (tertiary/aromatic N) is 1. The van der Waals surface area contributed by atoms with Crippen molar-refractivity contribution in [3.63, 3.8) is 0 Å². The van der Waals surface area contributed by atoms with E-state index in [1.807, 2.05) is 0 Å². The molecule has 0 fully saturated rings. The predicted molar refractivity (Wildman–Crippen MR) is 76.5 cm³/mol. The molecule has 0 spiro atoms. The van der Waals surface area contributed by atoms with Gasteiger partial charge in [-0.3, -0.25) is 9.59 Å². The zero-order valence-corrected chi connectivity index (χ0v) is 12.1. The average molecular weight is 293 g/mol. The molecule has 1 rings (SSSR count). The minimum Gasteiger partial charge on any atom is -0.469 e. The van der Waals surface area contributed by atoms with Crippen molar-refractivity contribution in [3.05, 3.63) is 35.4 Å². The van der Waals surface area contributed by atoms with Gasteiger partial charge in [0.15, 0.2) is 0 Å². The first-order valence-corrected chi connectivity index (χ1v) is 6.38. The number of primary amides is 1. The molecule has 1 aromatic rings. The van der Waals surface area contributed by atoms with Crippen LogP contribution in [0.3, 0.4) is 0 Å². The quantitative estimate of drug-likeness (QED) is 0.745. The zero-order chi connectivity index (χ0) is 15.8. The van der Waals surface area contributed by atoms with Crippen molar-refractivity contribution in [1.29, 1.82) is 0 Å². The van der Waals surface area contributed by atoms with E-state index in [1.165, 1.54) is 12.0 Å². The second-order valence-electron chi connectivity index (χ2n) is 4.47. The monoisotopic (exact) mass is 293 g/mol. The Balaban J connectivity index is 2.51. The summed E-state index contributed by atoms with van der Waals surface area (Å²) in [6, 6.07) is 6.28. The number of urea groups is 1. The van der Waals surface area contributed by atoms with Gasteiger partial charge >= 0.3 is 12.0 Å².